The summed E-state index contributed by atoms with van der Waals surface area (Å²) >= 11 is 0. The van der Waals surface area contributed by atoms with E-state index in [2.05, 4.69) is 18.8 Å². The lowest BCUT2D eigenvalue weighted by Gasteiger charge is -2.17. The van der Waals surface area contributed by atoms with Gasteiger partial charge in [-0.1, -0.05) is 13.8 Å². The molecule has 2 heterocycles. The monoisotopic (exact) mass is 271 g/mol. The van der Waals surface area contributed by atoms with Gasteiger partial charge >= 0.3 is 0 Å². The van der Waals surface area contributed by atoms with Gasteiger partial charge in [-0.05, 0) is 42.5 Å². The van der Waals surface area contributed by atoms with E-state index in [0.717, 1.165) is 36.1 Å². The van der Waals surface area contributed by atoms with Crippen LogP contribution in [0.5, 0.6) is 0 Å². The van der Waals surface area contributed by atoms with Crippen molar-refractivity contribution in [1.82, 2.24) is 9.88 Å². The van der Waals surface area contributed by atoms with Gasteiger partial charge in [0.05, 0.1) is 0 Å². The molecule has 3 rings (SSSR count). The molecular weight excluding hydrogens is 250 g/mol. The third-order valence-electron chi connectivity index (χ3n) is 4.33. The van der Waals surface area contributed by atoms with Crippen molar-refractivity contribution < 1.29 is 4.79 Å². The number of hydrogen-bond acceptors (Lipinski definition) is 2. The first kappa shape index (κ1) is 13.0. The van der Waals surface area contributed by atoms with Crippen molar-refractivity contribution in [1.29, 1.82) is 0 Å². The number of carbonyl (C=O) groups excluding carboxylic acids is 1. The molecule has 2 aromatic rings. The minimum absolute atomic E-state index is 0.0999. The van der Waals surface area contributed by atoms with E-state index in [4.69, 9.17) is 5.73 Å². The van der Waals surface area contributed by atoms with Crippen LogP contribution in [-0.2, 0) is 0 Å². The first-order valence-corrected chi connectivity index (χ1v) is 7.22. The molecule has 1 unspecified atom stereocenters. The number of hydrogen-bond donors (Lipinski definition) is 2. The van der Waals surface area contributed by atoms with Gasteiger partial charge in [0.1, 0.15) is 5.69 Å². The molecule has 0 spiro atoms. The second-order valence-corrected chi connectivity index (χ2v) is 6.07. The summed E-state index contributed by atoms with van der Waals surface area (Å²) in [4.78, 5) is 17.7. The topological polar surface area (TPSA) is 62.1 Å². The van der Waals surface area contributed by atoms with Gasteiger partial charge < -0.3 is 15.6 Å². The number of nitrogens with one attached hydrogen (secondary N) is 1. The zero-order chi connectivity index (χ0) is 14.3. The molecule has 4 nitrogen and oxygen atoms in total. The molecule has 1 aromatic carbocycles. The van der Waals surface area contributed by atoms with Crippen LogP contribution >= 0.6 is 0 Å². The number of likely N-dealkylation sites (tertiary alicyclic amines) is 1. The van der Waals surface area contributed by atoms with Gasteiger partial charge in [-0.3, -0.25) is 4.79 Å². The summed E-state index contributed by atoms with van der Waals surface area (Å²) in [6.07, 6.45) is 1.11. The highest BCUT2D eigenvalue weighted by atomic mass is 16.2. The Morgan fingerprint density at radius 1 is 1.40 bits per heavy atom. The maximum absolute atomic E-state index is 12.5. The van der Waals surface area contributed by atoms with E-state index < -0.39 is 0 Å². The van der Waals surface area contributed by atoms with Gasteiger partial charge in [0.15, 0.2) is 0 Å². The summed E-state index contributed by atoms with van der Waals surface area (Å²) in [6, 6.07) is 7.56. The van der Waals surface area contributed by atoms with Crippen LogP contribution in [0.1, 0.15) is 30.8 Å². The molecule has 1 fully saturated rings. The minimum Gasteiger partial charge on any atom is -0.399 e. The van der Waals surface area contributed by atoms with Crippen molar-refractivity contribution in [3.05, 3.63) is 30.0 Å². The van der Waals surface area contributed by atoms with Crippen molar-refractivity contribution in [2.75, 3.05) is 18.8 Å². The molecule has 0 radical (unpaired) electrons. The third kappa shape index (κ3) is 2.26. The van der Waals surface area contributed by atoms with Crippen molar-refractivity contribution in [2.45, 2.75) is 20.3 Å². The fourth-order valence-corrected chi connectivity index (χ4v) is 2.95. The number of nitrogens with two attached hydrogens (primary N) is 1. The normalized spacial score (nSPS) is 19.1. The van der Waals surface area contributed by atoms with Crippen LogP contribution in [0, 0.1) is 11.8 Å². The Kier molecular flexibility index (Phi) is 3.16. The van der Waals surface area contributed by atoms with Gasteiger partial charge in [-0.25, -0.2) is 0 Å². The molecule has 1 amide bonds. The SMILES string of the molecule is CC(C)C1CCN(C(=O)c2cc3cc(N)ccc3[nH]2)C1. The lowest BCUT2D eigenvalue weighted by atomic mass is 9.95. The Morgan fingerprint density at radius 3 is 2.90 bits per heavy atom. The van der Waals surface area contributed by atoms with Crippen LogP contribution in [0.4, 0.5) is 5.69 Å². The average molecular weight is 271 g/mol. The van der Waals surface area contributed by atoms with Crippen LogP contribution in [0.2, 0.25) is 0 Å². The highest BCUT2D eigenvalue weighted by Gasteiger charge is 2.29. The van der Waals surface area contributed by atoms with E-state index in [1.54, 1.807) is 0 Å². The molecule has 1 aliphatic rings. The Hall–Kier alpha value is -1.97. The minimum atomic E-state index is 0.0999. The summed E-state index contributed by atoms with van der Waals surface area (Å²) < 4.78 is 0. The van der Waals surface area contributed by atoms with Crippen LogP contribution in [0.25, 0.3) is 10.9 Å². The number of anilines is 1. The quantitative estimate of drug-likeness (QED) is 0.825. The molecule has 1 aliphatic heterocycles. The van der Waals surface area contributed by atoms with Crippen LogP contribution in [0.3, 0.4) is 0 Å². The second kappa shape index (κ2) is 4.85. The number of H-pyrrole nitrogens is 1. The number of fused-ring (bicyclic) bond motifs is 1. The fraction of sp³-hybridized carbons (Fsp3) is 0.438. The Balaban J connectivity index is 1.82. The van der Waals surface area contributed by atoms with Gasteiger partial charge in [-0.15, -0.1) is 0 Å². The molecule has 1 saturated heterocycles. The van der Waals surface area contributed by atoms with Crippen molar-refractivity contribution in [2.24, 2.45) is 11.8 Å². The van der Waals surface area contributed by atoms with Crippen LogP contribution in [0.15, 0.2) is 24.3 Å². The van der Waals surface area contributed by atoms with Gasteiger partial charge in [-0.2, -0.15) is 0 Å². The largest absolute Gasteiger partial charge is 0.399 e. The number of amides is 1. The molecule has 1 atom stereocenters. The number of nitrogen functional groups attached to an aromatic ring is 1. The molecule has 1 aromatic heterocycles. The number of aromatic nitrogens is 1. The first-order valence-electron chi connectivity index (χ1n) is 7.22. The standard InChI is InChI=1S/C16H21N3O/c1-10(2)11-5-6-19(9-11)16(20)15-8-12-7-13(17)3-4-14(12)18-15/h3-4,7-8,10-11,18H,5-6,9,17H2,1-2H3. The highest BCUT2D eigenvalue weighted by molar-refractivity contribution is 5.98. The fourth-order valence-electron chi connectivity index (χ4n) is 2.95. The number of carbonyl (C=O) groups is 1. The molecule has 3 N–H and O–H groups in total. The van der Waals surface area contributed by atoms with E-state index in [1.165, 1.54) is 0 Å². The van der Waals surface area contributed by atoms with Crippen LogP contribution < -0.4 is 5.73 Å². The zero-order valence-corrected chi connectivity index (χ0v) is 12.0. The summed E-state index contributed by atoms with van der Waals surface area (Å²) in [6.45, 7) is 6.18. The smallest absolute Gasteiger partial charge is 0.270 e. The Bertz CT molecular complexity index is 644. The van der Waals surface area contributed by atoms with Gasteiger partial charge in [0.25, 0.3) is 5.91 Å². The lowest BCUT2D eigenvalue weighted by Crippen LogP contribution is -2.29. The molecule has 0 bridgehead atoms. The lowest BCUT2D eigenvalue weighted by molar-refractivity contribution is 0.0779. The van der Waals surface area contributed by atoms with Crippen molar-refractivity contribution in [3.63, 3.8) is 0 Å². The number of nitrogens with zero attached hydrogens (tertiary/aromatic N) is 1. The average Bonchev–Trinajstić information content (AvgIpc) is 3.03. The third-order valence-corrected chi connectivity index (χ3v) is 4.33. The number of rotatable bonds is 2. The zero-order valence-electron chi connectivity index (χ0n) is 12.0. The molecule has 4 heteroatoms. The summed E-state index contributed by atoms with van der Waals surface area (Å²) in [5.74, 6) is 1.36. The summed E-state index contributed by atoms with van der Waals surface area (Å²) in [7, 11) is 0. The number of aromatic amines is 1. The predicted molar refractivity (Wildman–Crippen MR) is 81.6 cm³/mol. The summed E-state index contributed by atoms with van der Waals surface area (Å²) in [5, 5.41) is 0.993. The van der Waals surface area contributed by atoms with E-state index >= 15 is 0 Å². The molecule has 106 valence electrons. The second-order valence-electron chi connectivity index (χ2n) is 6.07. The van der Waals surface area contributed by atoms with Gasteiger partial charge in [0.2, 0.25) is 0 Å². The molecular formula is C16H21N3O. The molecule has 0 aliphatic carbocycles. The van der Waals surface area contributed by atoms with Crippen LogP contribution in [-0.4, -0.2) is 28.9 Å². The highest BCUT2D eigenvalue weighted by Crippen LogP contribution is 2.26. The van der Waals surface area contributed by atoms with E-state index in [-0.39, 0.29) is 5.91 Å². The first-order chi connectivity index (χ1) is 9.54. The number of benzene rings is 1. The summed E-state index contributed by atoms with van der Waals surface area (Å²) in [5.41, 5.74) is 8.12. The molecule has 0 saturated carbocycles. The van der Waals surface area contributed by atoms with E-state index in [9.17, 15) is 4.79 Å². The maximum Gasteiger partial charge on any atom is 0.270 e. The maximum atomic E-state index is 12.5. The predicted octanol–water partition coefficient (Wildman–Crippen LogP) is 2.87. The Labute approximate surface area is 118 Å². The van der Waals surface area contributed by atoms with E-state index in [1.807, 2.05) is 29.2 Å². The Morgan fingerprint density at radius 2 is 2.20 bits per heavy atom. The van der Waals surface area contributed by atoms with Crippen molar-refractivity contribution in [3.8, 4) is 0 Å². The van der Waals surface area contributed by atoms with E-state index in [0.29, 0.717) is 17.5 Å². The van der Waals surface area contributed by atoms with Gasteiger partial charge in [0, 0.05) is 29.7 Å². The molecule has 20 heavy (non-hydrogen) atoms. The van der Waals surface area contributed by atoms with Crippen molar-refractivity contribution >= 4 is 22.5 Å².